The topological polar surface area (TPSA) is 72.1 Å². The van der Waals surface area contributed by atoms with E-state index in [2.05, 4.69) is 27.7 Å². The Kier molecular flexibility index (Phi) is 7.27. The van der Waals surface area contributed by atoms with Crippen molar-refractivity contribution >= 4 is 11.7 Å². The number of methoxy groups -OCH3 is 3. The van der Waals surface area contributed by atoms with Crippen LogP contribution in [0.4, 0.5) is 10.5 Å². The number of nitrogens with zero attached hydrogens (tertiary/aromatic N) is 1. The molecule has 162 valence electrons. The van der Waals surface area contributed by atoms with Gasteiger partial charge in [0, 0.05) is 30.4 Å². The average molecular weight is 414 g/mol. The van der Waals surface area contributed by atoms with Gasteiger partial charge in [-0.05, 0) is 62.2 Å². The molecule has 1 atom stereocenters. The van der Waals surface area contributed by atoms with Crippen LogP contribution < -0.4 is 29.7 Å². The normalized spacial score (nSPS) is 15.3. The van der Waals surface area contributed by atoms with Gasteiger partial charge in [-0.25, -0.2) is 4.79 Å². The van der Waals surface area contributed by atoms with E-state index in [1.807, 2.05) is 37.3 Å². The Labute approximate surface area is 178 Å². The molecule has 2 aromatic carbocycles. The molecular formula is C23H31N3O4. The van der Waals surface area contributed by atoms with Crippen molar-refractivity contribution in [1.82, 2.24) is 10.6 Å². The molecule has 0 aromatic heterocycles. The molecule has 0 saturated carbocycles. The van der Waals surface area contributed by atoms with Crippen molar-refractivity contribution in [2.45, 2.75) is 31.8 Å². The Morgan fingerprint density at radius 2 is 1.60 bits per heavy atom. The Morgan fingerprint density at radius 3 is 2.20 bits per heavy atom. The predicted octanol–water partition coefficient (Wildman–Crippen LogP) is 3.74. The second kappa shape index (κ2) is 10.1. The lowest BCUT2D eigenvalue weighted by Gasteiger charge is -2.34. The number of amides is 2. The standard InChI is InChI=1S/C23H31N3O4/c1-16(21-15-20(29-3)9-10-22(21)30-4)24-23(27)25-17-11-13-26(14-12-17)18-5-7-19(28-2)8-6-18/h5-10,15-17H,11-14H2,1-4H3,(H2,24,25,27). The average Bonchev–Trinajstić information content (AvgIpc) is 2.79. The molecule has 30 heavy (non-hydrogen) atoms. The third kappa shape index (κ3) is 5.28. The molecule has 2 aromatic rings. The summed E-state index contributed by atoms with van der Waals surface area (Å²) in [6, 6.07) is 13.4. The molecule has 0 bridgehead atoms. The van der Waals surface area contributed by atoms with Crippen molar-refractivity contribution in [3.63, 3.8) is 0 Å². The van der Waals surface area contributed by atoms with Gasteiger partial charge in [0.2, 0.25) is 0 Å². The smallest absolute Gasteiger partial charge is 0.315 e. The van der Waals surface area contributed by atoms with Crippen molar-refractivity contribution in [3.8, 4) is 17.2 Å². The number of hydrogen-bond acceptors (Lipinski definition) is 5. The summed E-state index contributed by atoms with van der Waals surface area (Å²) in [6.07, 6.45) is 1.80. The van der Waals surface area contributed by atoms with Crippen molar-refractivity contribution in [1.29, 1.82) is 0 Å². The minimum atomic E-state index is -0.213. The summed E-state index contributed by atoms with van der Waals surface area (Å²) in [5.74, 6) is 2.30. The Morgan fingerprint density at radius 1 is 0.967 bits per heavy atom. The van der Waals surface area contributed by atoms with Crippen LogP contribution in [0.1, 0.15) is 31.4 Å². The van der Waals surface area contributed by atoms with Gasteiger partial charge >= 0.3 is 6.03 Å². The number of benzene rings is 2. The number of ether oxygens (including phenoxy) is 3. The first-order valence-electron chi connectivity index (χ1n) is 10.2. The van der Waals surface area contributed by atoms with Gasteiger partial charge in [-0.2, -0.15) is 0 Å². The van der Waals surface area contributed by atoms with E-state index in [-0.39, 0.29) is 18.1 Å². The van der Waals surface area contributed by atoms with Crippen LogP contribution >= 0.6 is 0 Å². The number of urea groups is 1. The number of hydrogen-bond donors (Lipinski definition) is 2. The van der Waals surface area contributed by atoms with E-state index in [0.717, 1.165) is 48.7 Å². The molecular weight excluding hydrogens is 382 g/mol. The van der Waals surface area contributed by atoms with Gasteiger partial charge in [0.15, 0.2) is 0 Å². The molecule has 7 nitrogen and oxygen atoms in total. The monoisotopic (exact) mass is 413 g/mol. The molecule has 7 heteroatoms. The fourth-order valence-electron chi connectivity index (χ4n) is 3.75. The maximum atomic E-state index is 12.5. The minimum absolute atomic E-state index is 0.152. The van der Waals surface area contributed by atoms with E-state index in [4.69, 9.17) is 14.2 Å². The maximum Gasteiger partial charge on any atom is 0.315 e. The zero-order valence-electron chi connectivity index (χ0n) is 18.1. The first-order valence-corrected chi connectivity index (χ1v) is 10.2. The van der Waals surface area contributed by atoms with E-state index in [1.54, 1.807) is 21.3 Å². The summed E-state index contributed by atoms with van der Waals surface area (Å²) in [5, 5.41) is 6.12. The minimum Gasteiger partial charge on any atom is -0.497 e. The van der Waals surface area contributed by atoms with Crippen LogP contribution in [0.5, 0.6) is 17.2 Å². The molecule has 1 aliphatic heterocycles. The number of carbonyl (C=O) groups excluding carboxylic acids is 1. The van der Waals surface area contributed by atoms with Gasteiger partial charge in [-0.15, -0.1) is 0 Å². The highest BCUT2D eigenvalue weighted by atomic mass is 16.5. The third-order valence-corrected chi connectivity index (χ3v) is 5.52. The highest BCUT2D eigenvalue weighted by Gasteiger charge is 2.22. The summed E-state index contributed by atoms with van der Waals surface area (Å²) in [4.78, 5) is 14.9. The highest BCUT2D eigenvalue weighted by molar-refractivity contribution is 5.75. The summed E-state index contributed by atoms with van der Waals surface area (Å²) in [6.45, 7) is 3.73. The highest BCUT2D eigenvalue weighted by Crippen LogP contribution is 2.29. The van der Waals surface area contributed by atoms with E-state index in [1.165, 1.54) is 5.69 Å². The zero-order valence-corrected chi connectivity index (χ0v) is 18.1. The summed E-state index contributed by atoms with van der Waals surface area (Å²) >= 11 is 0. The molecule has 0 spiro atoms. The summed E-state index contributed by atoms with van der Waals surface area (Å²) in [5.41, 5.74) is 2.05. The van der Waals surface area contributed by atoms with E-state index >= 15 is 0 Å². The number of nitrogens with one attached hydrogen (secondary N) is 2. The summed E-state index contributed by atoms with van der Waals surface area (Å²) in [7, 11) is 4.91. The lowest BCUT2D eigenvalue weighted by atomic mass is 10.0. The van der Waals surface area contributed by atoms with Gasteiger partial charge in [-0.1, -0.05) is 0 Å². The molecule has 1 heterocycles. The SMILES string of the molecule is COc1ccc(N2CCC(NC(=O)NC(C)c3cc(OC)ccc3OC)CC2)cc1. The van der Waals surface area contributed by atoms with Crippen molar-refractivity contribution in [2.24, 2.45) is 0 Å². The van der Waals surface area contributed by atoms with Gasteiger partial charge in [0.25, 0.3) is 0 Å². The molecule has 2 N–H and O–H groups in total. The van der Waals surface area contributed by atoms with Gasteiger partial charge in [-0.3, -0.25) is 0 Å². The van der Waals surface area contributed by atoms with Crippen LogP contribution in [0.25, 0.3) is 0 Å². The van der Waals surface area contributed by atoms with Crippen LogP contribution in [0.15, 0.2) is 42.5 Å². The lowest BCUT2D eigenvalue weighted by molar-refractivity contribution is 0.231. The van der Waals surface area contributed by atoms with Crippen molar-refractivity contribution in [3.05, 3.63) is 48.0 Å². The fraction of sp³-hybridized carbons (Fsp3) is 0.435. The second-order valence-electron chi connectivity index (χ2n) is 7.41. The van der Waals surface area contributed by atoms with Crippen LogP contribution in [0.3, 0.4) is 0 Å². The maximum absolute atomic E-state index is 12.5. The lowest BCUT2D eigenvalue weighted by Crippen LogP contribution is -2.48. The van der Waals surface area contributed by atoms with Crippen LogP contribution in [0, 0.1) is 0 Å². The largest absolute Gasteiger partial charge is 0.497 e. The second-order valence-corrected chi connectivity index (χ2v) is 7.41. The van der Waals surface area contributed by atoms with Crippen molar-refractivity contribution in [2.75, 3.05) is 39.3 Å². The molecule has 1 aliphatic rings. The van der Waals surface area contributed by atoms with Gasteiger partial charge in [0.05, 0.1) is 27.4 Å². The molecule has 1 fully saturated rings. The van der Waals surface area contributed by atoms with Crippen molar-refractivity contribution < 1.29 is 19.0 Å². The molecule has 2 amide bonds. The van der Waals surface area contributed by atoms with Gasteiger partial charge in [0.1, 0.15) is 17.2 Å². The Bertz CT molecular complexity index is 833. The molecule has 0 radical (unpaired) electrons. The predicted molar refractivity (Wildman–Crippen MR) is 118 cm³/mol. The van der Waals surface area contributed by atoms with E-state index < -0.39 is 0 Å². The molecule has 1 unspecified atom stereocenters. The summed E-state index contributed by atoms with van der Waals surface area (Å²) < 4.78 is 15.9. The van der Waals surface area contributed by atoms with Crippen LogP contribution in [-0.4, -0.2) is 46.5 Å². The van der Waals surface area contributed by atoms with E-state index in [9.17, 15) is 4.79 Å². The van der Waals surface area contributed by atoms with Crippen LogP contribution in [-0.2, 0) is 0 Å². The first-order chi connectivity index (χ1) is 14.5. The number of rotatable bonds is 7. The molecule has 0 aliphatic carbocycles. The number of carbonyl (C=O) groups is 1. The Balaban J connectivity index is 1.51. The first kappa shape index (κ1) is 21.6. The Hall–Kier alpha value is -3.09. The number of piperidine rings is 1. The quantitative estimate of drug-likeness (QED) is 0.724. The van der Waals surface area contributed by atoms with Crippen LogP contribution in [0.2, 0.25) is 0 Å². The zero-order chi connectivity index (χ0) is 21.5. The third-order valence-electron chi connectivity index (χ3n) is 5.52. The molecule has 3 rings (SSSR count). The molecule has 1 saturated heterocycles. The fourth-order valence-corrected chi connectivity index (χ4v) is 3.75. The van der Waals surface area contributed by atoms with E-state index in [0.29, 0.717) is 0 Å². The number of anilines is 1. The van der Waals surface area contributed by atoms with Gasteiger partial charge < -0.3 is 29.7 Å².